The number of esters is 2. The van der Waals surface area contributed by atoms with Crippen LogP contribution in [-0.2, 0) is 20.8 Å². The van der Waals surface area contributed by atoms with E-state index in [4.69, 9.17) is 0 Å². The van der Waals surface area contributed by atoms with Crippen LogP contribution in [0.15, 0.2) is 42.5 Å². The summed E-state index contributed by atoms with van der Waals surface area (Å²) in [7, 11) is 4.10. The zero-order chi connectivity index (χ0) is 20.7. The van der Waals surface area contributed by atoms with E-state index in [0.717, 1.165) is 0 Å². The molecule has 0 unspecified atom stereocenters. The molecule has 2 rings (SSSR count). The van der Waals surface area contributed by atoms with Crippen molar-refractivity contribution in [2.24, 2.45) is 0 Å². The highest BCUT2D eigenvalue weighted by Crippen LogP contribution is 2.17. The monoisotopic (exact) mass is 388 g/mol. The van der Waals surface area contributed by atoms with Crippen LogP contribution in [0.1, 0.15) is 26.3 Å². The average molecular weight is 388 g/mol. The maximum Gasteiger partial charge on any atom is 0.337 e. The summed E-state index contributed by atoms with van der Waals surface area (Å²) in [5.41, 5.74) is 0.909. The van der Waals surface area contributed by atoms with Crippen molar-refractivity contribution < 1.29 is 28.2 Å². The minimum Gasteiger partial charge on any atom is -0.465 e. The number of likely N-dealkylation sites (N-methyl/N-ethyl adjacent to an activating group) is 1. The van der Waals surface area contributed by atoms with Crippen LogP contribution in [-0.4, -0.2) is 50.6 Å². The summed E-state index contributed by atoms with van der Waals surface area (Å²) in [6, 6.07) is 10.4. The first-order valence-electron chi connectivity index (χ1n) is 8.37. The first-order valence-corrected chi connectivity index (χ1v) is 8.37. The smallest absolute Gasteiger partial charge is 0.337 e. The molecule has 2 aromatic carbocycles. The maximum absolute atomic E-state index is 13.7. The number of nitrogens with one attached hydrogen (secondary N) is 1. The molecule has 148 valence electrons. The third-order valence-electron chi connectivity index (χ3n) is 3.87. The second-order valence-corrected chi connectivity index (χ2v) is 6.09. The molecule has 0 radical (unpaired) electrons. The minimum absolute atomic E-state index is 0.0235. The molecule has 28 heavy (non-hydrogen) atoms. The van der Waals surface area contributed by atoms with Gasteiger partial charge >= 0.3 is 11.9 Å². The first-order chi connectivity index (χ1) is 13.3. The number of anilines is 1. The molecule has 8 heteroatoms. The van der Waals surface area contributed by atoms with E-state index in [1.54, 1.807) is 30.1 Å². The van der Waals surface area contributed by atoms with E-state index >= 15 is 0 Å². The van der Waals surface area contributed by atoms with Gasteiger partial charge in [-0.05, 0) is 31.3 Å². The fourth-order valence-electron chi connectivity index (χ4n) is 2.59. The number of ether oxygens (including phenoxy) is 2. The van der Waals surface area contributed by atoms with Gasteiger partial charge in [0, 0.05) is 17.8 Å². The fourth-order valence-corrected chi connectivity index (χ4v) is 2.59. The van der Waals surface area contributed by atoms with Crippen molar-refractivity contribution in [2.45, 2.75) is 6.54 Å². The highest BCUT2D eigenvalue weighted by atomic mass is 19.1. The number of nitrogens with zero attached hydrogens (tertiary/aromatic N) is 1. The third-order valence-corrected chi connectivity index (χ3v) is 3.87. The molecule has 1 N–H and O–H groups in total. The number of hydrogen-bond acceptors (Lipinski definition) is 6. The number of carbonyl (C=O) groups is 3. The summed E-state index contributed by atoms with van der Waals surface area (Å²) in [5, 5.41) is 2.62. The van der Waals surface area contributed by atoms with Gasteiger partial charge in [0.25, 0.3) is 0 Å². The molecule has 0 bridgehead atoms. The molecule has 1 amide bonds. The van der Waals surface area contributed by atoms with Gasteiger partial charge in [0.05, 0.1) is 31.9 Å². The molecule has 0 atom stereocenters. The normalized spacial score (nSPS) is 10.5. The molecular weight excluding hydrogens is 367 g/mol. The van der Waals surface area contributed by atoms with Crippen LogP contribution in [0.4, 0.5) is 10.1 Å². The standard InChI is InChI=1S/C20H21FN2O5/c1-23(11-13-6-4-5-7-17(13)21)12-18(24)22-16-9-14(19(25)27-2)8-15(10-16)20(26)28-3/h4-10H,11-12H2,1-3H3,(H,22,24). The van der Waals surface area contributed by atoms with Crippen molar-refractivity contribution in [2.75, 3.05) is 33.1 Å². The van der Waals surface area contributed by atoms with E-state index < -0.39 is 17.8 Å². The molecule has 2 aromatic rings. The third kappa shape index (κ3) is 5.62. The molecule has 0 spiro atoms. The Morgan fingerprint density at radius 3 is 2.11 bits per heavy atom. The number of benzene rings is 2. The van der Waals surface area contributed by atoms with E-state index in [-0.39, 0.29) is 35.7 Å². The summed E-state index contributed by atoms with van der Waals surface area (Å²) < 4.78 is 23.0. The molecule has 0 aliphatic heterocycles. The van der Waals surface area contributed by atoms with Crippen LogP contribution in [0.2, 0.25) is 0 Å². The lowest BCUT2D eigenvalue weighted by molar-refractivity contribution is -0.117. The summed E-state index contributed by atoms with van der Waals surface area (Å²) in [5.74, 6) is -2.05. The van der Waals surface area contributed by atoms with Gasteiger partial charge in [-0.2, -0.15) is 0 Å². The first kappa shape index (κ1) is 21.0. The topological polar surface area (TPSA) is 84.9 Å². The quantitative estimate of drug-likeness (QED) is 0.734. The second-order valence-electron chi connectivity index (χ2n) is 6.09. The van der Waals surface area contributed by atoms with Gasteiger partial charge in [-0.25, -0.2) is 14.0 Å². The van der Waals surface area contributed by atoms with Crippen molar-refractivity contribution in [1.82, 2.24) is 4.90 Å². The van der Waals surface area contributed by atoms with E-state index in [1.165, 1.54) is 38.5 Å². The van der Waals surface area contributed by atoms with Gasteiger partial charge in [0.15, 0.2) is 0 Å². The number of methoxy groups -OCH3 is 2. The van der Waals surface area contributed by atoms with Gasteiger partial charge in [-0.15, -0.1) is 0 Å². The Balaban J connectivity index is 2.10. The lowest BCUT2D eigenvalue weighted by atomic mass is 10.1. The Hall–Kier alpha value is -3.26. The zero-order valence-corrected chi connectivity index (χ0v) is 15.8. The summed E-state index contributed by atoms with van der Waals surface area (Å²) in [6.45, 7) is 0.222. The van der Waals surface area contributed by atoms with Crippen molar-refractivity contribution in [3.8, 4) is 0 Å². The molecule has 0 heterocycles. The molecule has 0 saturated heterocycles. The number of amides is 1. The van der Waals surface area contributed by atoms with Crippen LogP contribution in [0.25, 0.3) is 0 Å². The van der Waals surface area contributed by atoms with Crippen molar-refractivity contribution in [1.29, 1.82) is 0 Å². The molecule has 0 aromatic heterocycles. The van der Waals surface area contributed by atoms with E-state index in [2.05, 4.69) is 14.8 Å². The second kappa shape index (κ2) is 9.61. The summed E-state index contributed by atoms with van der Waals surface area (Å²) >= 11 is 0. The predicted octanol–water partition coefficient (Wildman–Crippen LogP) is 2.47. The average Bonchev–Trinajstić information content (AvgIpc) is 2.67. The SMILES string of the molecule is COC(=O)c1cc(NC(=O)CN(C)Cc2ccccc2F)cc(C(=O)OC)c1. The van der Waals surface area contributed by atoms with Crippen LogP contribution in [0, 0.1) is 5.82 Å². The molecule has 0 saturated carbocycles. The molecule has 0 fully saturated rings. The lowest BCUT2D eigenvalue weighted by Crippen LogP contribution is -2.30. The molecule has 0 aliphatic carbocycles. The number of hydrogen-bond donors (Lipinski definition) is 1. The highest BCUT2D eigenvalue weighted by molar-refractivity contribution is 5.99. The van der Waals surface area contributed by atoms with Crippen molar-refractivity contribution >= 4 is 23.5 Å². The van der Waals surface area contributed by atoms with Gasteiger partial charge in [-0.3, -0.25) is 9.69 Å². The minimum atomic E-state index is -0.655. The largest absolute Gasteiger partial charge is 0.465 e. The lowest BCUT2D eigenvalue weighted by Gasteiger charge is -2.17. The van der Waals surface area contributed by atoms with E-state index in [1.807, 2.05) is 0 Å². The Bertz CT molecular complexity index is 850. The molecule has 7 nitrogen and oxygen atoms in total. The van der Waals surface area contributed by atoms with Crippen molar-refractivity contribution in [3.05, 3.63) is 65.0 Å². The van der Waals surface area contributed by atoms with Crippen LogP contribution in [0.5, 0.6) is 0 Å². The van der Waals surface area contributed by atoms with Gasteiger partial charge < -0.3 is 14.8 Å². The Morgan fingerprint density at radius 1 is 1.00 bits per heavy atom. The fraction of sp³-hybridized carbons (Fsp3) is 0.250. The van der Waals surface area contributed by atoms with E-state index in [0.29, 0.717) is 5.56 Å². The maximum atomic E-state index is 13.7. The van der Waals surface area contributed by atoms with Crippen molar-refractivity contribution in [3.63, 3.8) is 0 Å². The zero-order valence-electron chi connectivity index (χ0n) is 15.8. The van der Waals surface area contributed by atoms with Crippen LogP contribution < -0.4 is 5.32 Å². The van der Waals surface area contributed by atoms with Gasteiger partial charge in [0.1, 0.15) is 5.82 Å². The molecule has 0 aliphatic rings. The summed E-state index contributed by atoms with van der Waals surface area (Å²) in [4.78, 5) is 37.6. The number of carbonyl (C=O) groups excluding carboxylic acids is 3. The Kier molecular flexibility index (Phi) is 7.22. The predicted molar refractivity (Wildman–Crippen MR) is 100 cm³/mol. The van der Waals surface area contributed by atoms with Crippen LogP contribution >= 0.6 is 0 Å². The number of halogens is 1. The van der Waals surface area contributed by atoms with Gasteiger partial charge in [-0.1, -0.05) is 18.2 Å². The van der Waals surface area contributed by atoms with Crippen LogP contribution in [0.3, 0.4) is 0 Å². The Morgan fingerprint density at radius 2 is 1.57 bits per heavy atom. The molecular formula is C20H21FN2O5. The van der Waals surface area contributed by atoms with E-state index in [9.17, 15) is 18.8 Å². The number of rotatable bonds is 7. The Labute approximate surface area is 162 Å². The van der Waals surface area contributed by atoms with Gasteiger partial charge in [0.2, 0.25) is 5.91 Å². The highest BCUT2D eigenvalue weighted by Gasteiger charge is 2.16. The summed E-state index contributed by atoms with van der Waals surface area (Å²) in [6.07, 6.45) is 0.